The molecule has 128 valence electrons. The summed E-state index contributed by atoms with van der Waals surface area (Å²) in [7, 11) is 0. The van der Waals surface area contributed by atoms with E-state index in [2.05, 4.69) is 5.10 Å². The van der Waals surface area contributed by atoms with Crippen LogP contribution in [-0.4, -0.2) is 18.4 Å². The van der Waals surface area contributed by atoms with E-state index in [1.54, 1.807) is 0 Å². The average Bonchev–Trinajstić information content (AvgIpc) is 2.70. The molecule has 0 aliphatic carbocycles. The number of hydrogen-bond acceptors (Lipinski definition) is 3. The van der Waals surface area contributed by atoms with Crippen molar-refractivity contribution in [1.82, 2.24) is 0 Å². The zero-order valence-electron chi connectivity index (χ0n) is 14.4. The molecule has 1 amide bonds. The number of benzene rings is 3. The van der Waals surface area contributed by atoms with Gasteiger partial charge in [-0.15, -0.1) is 5.10 Å². The predicted molar refractivity (Wildman–Crippen MR) is 103 cm³/mol. The largest absolute Gasteiger partial charge is 0.466 e. The lowest BCUT2D eigenvalue weighted by molar-refractivity contribution is -0.121. The number of ether oxygens (including phenoxy) is 1. The molecule has 3 aromatic rings. The molecule has 1 aliphatic heterocycles. The Hall–Kier alpha value is -3.40. The van der Waals surface area contributed by atoms with Crippen LogP contribution in [0.4, 0.5) is 5.69 Å². The second-order valence-corrected chi connectivity index (χ2v) is 6.15. The van der Waals surface area contributed by atoms with Crippen molar-refractivity contribution in [1.29, 1.82) is 0 Å². The number of hydrogen-bond donors (Lipinski definition) is 0. The maximum Gasteiger partial charge on any atom is 0.285 e. The molecule has 0 radical (unpaired) electrons. The van der Waals surface area contributed by atoms with Crippen molar-refractivity contribution in [3.8, 4) is 11.1 Å². The fourth-order valence-electron chi connectivity index (χ4n) is 2.91. The van der Waals surface area contributed by atoms with Gasteiger partial charge in [-0.3, -0.25) is 4.79 Å². The van der Waals surface area contributed by atoms with Gasteiger partial charge < -0.3 is 4.74 Å². The molecular weight excluding hydrogens is 324 g/mol. The van der Waals surface area contributed by atoms with Crippen molar-refractivity contribution >= 4 is 17.5 Å². The zero-order chi connectivity index (χ0) is 17.9. The van der Waals surface area contributed by atoms with E-state index in [-0.39, 0.29) is 12.5 Å². The number of para-hydroxylation sites is 1. The molecule has 0 N–H and O–H groups in total. The summed E-state index contributed by atoms with van der Waals surface area (Å²) >= 11 is 0. The summed E-state index contributed by atoms with van der Waals surface area (Å²) in [5.74, 6) is 0.261. The molecule has 0 unspecified atom stereocenters. The lowest BCUT2D eigenvalue weighted by Gasteiger charge is -2.25. The molecule has 0 bridgehead atoms. The van der Waals surface area contributed by atoms with Crippen LogP contribution in [0, 0.1) is 6.92 Å². The molecule has 1 heterocycles. The Morgan fingerprint density at radius 2 is 1.54 bits per heavy atom. The monoisotopic (exact) mass is 342 g/mol. The van der Waals surface area contributed by atoms with Gasteiger partial charge in [0.05, 0.1) is 5.69 Å². The van der Waals surface area contributed by atoms with E-state index in [9.17, 15) is 4.79 Å². The maximum atomic E-state index is 12.5. The van der Waals surface area contributed by atoms with Crippen molar-refractivity contribution in [3.63, 3.8) is 0 Å². The number of anilines is 1. The van der Waals surface area contributed by atoms with Crippen LogP contribution in [0.2, 0.25) is 0 Å². The summed E-state index contributed by atoms with van der Waals surface area (Å²) in [5.41, 5.74) is 4.75. The minimum Gasteiger partial charge on any atom is -0.466 e. The zero-order valence-corrected chi connectivity index (χ0v) is 14.4. The van der Waals surface area contributed by atoms with Gasteiger partial charge in [0.25, 0.3) is 5.91 Å². The third-order valence-corrected chi connectivity index (χ3v) is 4.27. The van der Waals surface area contributed by atoms with Crippen LogP contribution in [-0.2, 0) is 9.53 Å². The Bertz CT molecular complexity index is 963. The van der Waals surface area contributed by atoms with Crippen molar-refractivity contribution < 1.29 is 9.53 Å². The Labute approximate surface area is 152 Å². The van der Waals surface area contributed by atoms with Crippen molar-refractivity contribution in [2.75, 3.05) is 11.6 Å². The van der Waals surface area contributed by atoms with Gasteiger partial charge in [-0.25, -0.2) is 0 Å². The first-order valence-corrected chi connectivity index (χ1v) is 8.48. The molecule has 0 atom stereocenters. The number of hydrazone groups is 1. The minimum atomic E-state index is -0.191. The van der Waals surface area contributed by atoms with Gasteiger partial charge in [-0.2, -0.15) is 5.01 Å². The van der Waals surface area contributed by atoms with Crippen LogP contribution in [0.15, 0.2) is 84.0 Å². The first kappa shape index (κ1) is 16.1. The predicted octanol–water partition coefficient (Wildman–Crippen LogP) is 4.39. The van der Waals surface area contributed by atoms with E-state index in [4.69, 9.17) is 4.74 Å². The fraction of sp³-hybridized carbons (Fsp3) is 0.0909. The summed E-state index contributed by atoms with van der Waals surface area (Å²) in [6.45, 7) is 2.00. The molecule has 1 aliphatic rings. The van der Waals surface area contributed by atoms with E-state index in [0.29, 0.717) is 5.90 Å². The molecule has 0 aromatic heterocycles. The Morgan fingerprint density at radius 1 is 0.846 bits per heavy atom. The topological polar surface area (TPSA) is 41.9 Å². The van der Waals surface area contributed by atoms with Gasteiger partial charge in [0.2, 0.25) is 5.90 Å². The highest BCUT2D eigenvalue weighted by atomic mass is 16.5. The third-order valence-electron chi connectivity index (χ3n) is 4.27. The lowest BCUT2D eigenvalue weighted by Crippen LogP contribution is -2.37. The van der Waals surface area contributed by atoms with Crippen LogP contribution in [0.25, 0.3) is 11.1 Å². The van der Waals surface area contributed by atoms with Crippen molar-refractivity contribution in [2.24, 2.45) is 5.10 Å². The highest BCUT2D eigenvalue weighted by Crippen LogP contribution is 2.32. The summed E-state index contributed by atoms with van der Waals surface area (Å²) < 4.78 is 5.57. The average molecular weight is 342 g/mol. The molecular formula is C22H18N2O2. The van der Waals surface area contributed by atoms with Gasteiger partial charge in [-0.05, 0) is 30.7 Å². The highest BCUT2D eigenvalue weighted by molar-refractivity contribution is 6.06. The summed E-state index contributed by atoms with van der Waals surface area (Å²) in [6.07, 6.45) is 0. The van der Waals surface area contributed by atoms with Crippen molar-refractivity contribution in [3.05, 3.63) is 90.0 Å². The molecule has 4 nitrogen and oxygen atoms in total. The molecule has 0 saturated carbocycles. The van der Waals surface area contributed by atoms with Crippen LogP contribution in [0.1, 0.15) is 11.1 Å². The van der Waals surface area contributed by atoms with E-state index in [1.807, 2.05) is 85.8 Å². The van der Waals surface area contributed by atoms with E-state index < -0.39 is 0 Å². The molecule has 4 heteroatoms. The van der Waals surface area contributed by atoms with Gasteiger partial charge >= 0.3 is 0 Å². The van der Waals surface area contributed by atoms with Crippen LogP contribution >= 0.6 is 0 Å². The summed E-state index contributed by atoms with van der Waals surface area (Å²) in [5, 5.41) is 5.94. The van der Waals surface area contributed by atoms with E-state index >= 15 is 0 Å². The molecule has 4 rings (SSSR count). The van der Waals surface area contributed by atoms with Crippen molar-refractivity contribution in [2.45, 2.75) is 6.92 Å². The first-order chi connectivity index (χ1) is 12.7. The number of aryl methyl sites for hydroxylation is 1. The summed E-state index contributed by atoms with van der Waals surface area (Å²) in [4.78, 5) is 12.5. The molecule has 0 saturated heterocycles. The Morgan fingerprint density at radius 3 is 2.31 bits per heavy atom. The van der Waals surface area contributed by atoms with E-state index in [1.165, 1.54) is 5.01 Å². The second-order valence-electron chi connectivity index (χ2n) is 6.15. The normalized spacial score (nSPS) is 14.0. The van der Waals surface area contributed by atoms with Crippen LogP contribution in [0.3, 0.4) is 0 Å². The Balaban J connectivity index is 1.78. The van der Waals surface area contributed by atoms with Crippen LogP contribution in [0.5, 0.6) is 0 Å². The van der Waals surface area contributed by atoms with Gasteiger partial charge in [0, 0.05) is 11.1 Å². The smallest absolute Gasteiger partial charge is 0.285 e. The fourth-order valence-corrected chi connectivity index (χ4v) is 2.91. The van der Waals surface area contributed by atoms with Gasteiger partial charge in [-0.1, -0.05) is 66.2 Å². The number of nitrogens with zero attached hydrogens (tertiary/aromatic N) is 2. The molecule has 0 fully saturated rings. The Kier molecular flexibility index (Phi) is 4.23. The minimum absolute atomic E-state index is 0.0319. The molecule has 26 heavy (non-hydrogen) atoms. The van der Waals surface area contributed by atoms with Gasteiger partial charge in [0.15, 0.2) is 6.61 Å². The quantitative estimate of drug-likeness (QED) is 0.708. The first-order valence-electron chi connectivity index (χ1n) is 8.48. The number of carbonyl (C=O) groups is 1. The number of amides is 1. The highest BCUT2D eigenvalue weighted by Gasteiger charge is 2.26. The molecule has 0 spiro atoms. The number of rotatable bonds is 3. The standard InChI is InChI=1S/C22H18N2O2/c1-16-11-13-18(14-12-16)22-23-24(21(25)15-26-22)20-10-6-5-9-19(20)17-7-3-2-4-8-17/h2-14H,15H2,1H3. The van der Waals surface area contributed by atoms with Gasteiger partial charge in [0.1, 0.15) is 0 Å². The summed E-state index contributed by atoms with van der Waals surface area (Å²) in [6, 6.07) is 25.6. The van der Waals surface area contributed by atoms with Crippen LogP contribution < -0.4 is 5.01 Å². The lowest BCUT2D eigenvalue weighted by atomic mass is 10.0. The second kappa shape index (κ2) is 6.84. The SMILES string of the molecule is Cc1ccc(C2=NN(c3ccccc3-c3ccccc3)C(=O)CO2)cc1. The van der Waals surface area contributed by atoms with E-state index in [0.717, 1.165) is 27.9 Å². The maximum absolute atomic E-state index is 12.5. The number of carbonyl (C=O) groups excluding carboxylic acids is 1. The third kappa shape index (κ3) is 3.09. The molecule has 3 aromatic carbocycles.